The number of carbonyl (C=O) groups is 2. The van der Waals surface area contributed by atoms with E-state index in [2.05, 4.69) is 13.8 Å². The summed E-state index contributed by atoms with van der Waals surface area (Å²) in [7, 11) is 1.19. The molecule has 0 aromatic carbocycles. The predicted molar refractivity (Wildman–Crippen MR) is 319 cm³/mol. The molecule has 0 spiro atoms. The summed E-state index contributed by atoms with van der Waals surface area (Å²) in [5.41, 5.74) is 0. The molecule has 0 fully saturated rings. The maximum Gasteiger partial charge on any atom is 0.306 e. The monoisotopic (exact) mass is 1080 g/mol. The summed E-state index contributed by atoms with van der Waals surface area (Å²) in [6.07, 6.45) is 67.6. The molecule has 0 N–H and O–H groups in total. The third-order valence-corrected chi connectivity index (χ3v) is 16.3. The lowest BCUT2D eigenvalue weighted by atomic mass is 10.0. The third kappa shape index (κ3) is 62.1. The summed E-state index contributed by atoms with van der Waals surface area (Å²) in [5, 5.41) is 0. The number of nitrogens with zero attached hydrogens (tertiary/aromatic N) is 1. The van der Waals surface area contributed by atoms with Crippen LogP contribution in [0.15, 0.2) is 0 Å². The molecular formula is C65H130NO8P. The lowest BCUT2D eigenvalue weighted by Crippen LogP contribution is -2.37. The minimum absolute atomic E-state index is 0.0250. The number of hydrogen-bond acceptors (Lipinski definition) is 8. The number of phosphoric acid groups is 1. The normalized spacial score (nSPS) is 13.1. The van der Waals surface area contributed by atoms with Crippen LogP contribution >= 0.6 is 7.82 Å². The van der Waals surface area contributed by atoms with E-state index in [9.17, 15) is 19.0 Å². The van der Waals surface area contributed by atoms with Crippen LogP contribution in [-0.4, -0.2) is 70.0 Å². The van der Waals surface area contributed by atoms with Crippen molar-refractivity contribution in [3.63, 3.8) is 0 Å². The highest BCUT2D eigenvalue weighted by Gasteiger charge is 2.22. The van der Waals surface area contributed by atoms with Crippen molar-refractivity contribution in [1.82, 2.24) is 0 Å². The number of likely N-dealkylation sites (N-methyl/N-ethyl adjacent to an activating group) is 1. The van der Waals surface area contributed by atoms with E-state index >= 15 is 0 Å². The Labute approximate surface area is 467 Å². The summed E-state index contributed by atoms with van der Waals surface area (Å²) in [6.45, 7) is 4.32. The zero-order valence-electron chi connectivity index (χ0n) is 51.0. The molecule has 75 heavy (non-hydrogen) atoms. The van der Waals surface area contributed by atoms with Crippen molar-refractivity contribution in [2.75, 3.05) is 47.5 Å². The molecular weight excluding hydrogens is 954 g/mol. The van der Waals surface area contributed by atoms with Gasteiger partial charge in [0.2, 0.25) is 0 Å². The highest BCUT2D eigenvalue weighted by molar-refractivity contribution is 7.45. The highest BCUT2D eigenvalue weighted by atomic mass is 31.2. The second-order valence-electron chi connectivity index (χ2n) is 24.2. The van der Waals surface area contributed by atoms with E-state index in [0.29, 0.717) is 17.4 Å². The Bertz CT molecular complexity index is 1230. The lowest BCUT2D eigenvalue weighted by molar-refractivity contribution is -0.870. The Balaban J connectivity index is 3.92. The van der Waals surface area contributed by atoms with Gasteiger partial charge in [-0.2, -0.15) is 0 Å². The minimum atomic E-state index is -4.63. The molecule has 0 aromatic heterocycles. The summed E-state index contributed by atoms with van der Waals surface area (Å²) < 4.78 is 34.2. The SMILES string of the molecule is CCCCCCCCCCCCCCCCCCCCCCCCCCCCCCCCCCCCC(=O)OC(COC(=O)CCCCCCCCCCCCCCCCCCC)COP(=O)([O-])OCC[N+](C)(C)C. The van der Waals surface area contributed by atoms with Crippen LogP contribution in [-0.2, 0) is 32.7 Å². The molecule has 0 amide bonds. The van der Waals surface area contributed by atoms with Gasteiger partial charge in [-0.15, -0.1) is 0 Å². The van der Waals surface area contributed by atoms with Crippen molar-refractivity contribution in [3.8, 4) is 0 Å². The van der Waals surface area contributed by atoms with Gasteiger partial charge in [0.15, 0.2) is 6.10 Å². The van der Waals surface area contributed by atoms with Gasteiger partial charge >= 0.3 is 11.9 Å². The minimum Gasteiger partial charge on any atom is -0.756 e. The Kier molecular flexibility index (Phi) is 56.9. The van der Waals surface area contributed by atoms with E-state index in [1.165, 1.54) is 289 Å². The molecule has 448 valence electrons. The van der Waals surface area contributed by atoms with Gasteiger partial charge in [0.1, 0.15) is 19.8 Å². The number of carbonyl (C=O) groups excluding carboxylic acids is 2. The van der Waals surface area contributed by atoms with Crippen molar-refractivity contribution in [2.45, 2.75) is 360 Å². The second-order valence-corrected chi connectivity index (χ2v) is 25.6. The van der Waals surface area contributed by atoms with Gasteiger partial charge in [-0.05, 0) is 12.8 Å². The predicted octanol–water partition coefficient (Wildman–Crippen LogP) is 20.4. The average molecular weight is 1080 g/mol. The molecule has 0 saturated carbocycles. The van der Waals surface area contributed by atoms with E-state index in [4.69, 9.17) is 18.5 Å². The van der Waals surface area contributed by atoms with Crippen molar-refractivity contribution >= 4 is 19.8 Å². The third-order valence-electron chi connectivity index (χ3n) is 15.4. The van der Waals surface area contributed by atoms with Crippen LogP contribution in [0, 0.1) is 0 Å². The van der Waals surface area contributed by atoms with E-state index in [1.807, 2.05) is 21.1 Å². The lowest BCUT2D eigenvalue weighted by Gasteiger charge is -2.28. The Morgan fingerprint density at radius 3 is 0.853 bits per heavy atom. The van der Waals surface area contributed by atoms with E-state index in [0.717, 1.165) is 32.1 Å². The van der Waals surface area contributed by atoms with Crippen LogP contribution in [0.25, 0.3) is 0 Å². The average Bonchev–Trinajstić information content (AvgIpc) is 3.37. The summed E-state index contributed by atoms with van der Waals surface area (Å²) in [4.78, 5) is 37.9. The number of quaternary nitrogens is 1. The number of esters is 2. The first kappa shape index (κ1) is 74.0. The molecule has 9 nitrogen and oxygen atoms in total. The maximum absolute atomic E-state index is 12.8. The quantitative estimate of drug-likeness (QED) is 0.0256. The molecule has 0 aliphatic rings. The van der Waals surface area contributed by atoms with Crippen molar-refractivity contribution in [1.29, 1.82) is 0 Å². The van der Waals surface area contributed by atoms with Gasteiger partial charge in [-0.3, -0.25) is 14.2 Å². The molecule has 0 aliphatic heterocycles. The number of unbranched alkanes of at least 4 members (excludes halogenated alkanes) is 49. The summed E-state index contributed by atoms with van der Waals surface area (Å²) in [6, 6.07) is 0. The fourth-order valence-corrected chi connectivity index (χ4v) is 11.0. The van der Waals surface area contributed by atoms with Crippen LogP contribution in [0.4, 0.5) is 0 Å². The van der Waals surface area contributed by atoms with Crippen molar-refractivity contribution in [2.24, 2.45) is 0 Å². The Morgan fingerprint density at radius 1 is 0.360 bits per heavy atom. The number of rotatable bonds is 63. The molecule has 0 bridgehead atoms. The largest absolute Gasteiger partial charge is 0.756 e. The molecule has 0 aromatic rings. The molecule has 0 saturated heterocycles. The fraction of sp³-hybridized carbons (Fsp3) is 0.969. The number of ether oxygens (including phenoxy) is 2. The van der Waals surface area contributed by atoms with Gasteiger partial charge in [-0.1, -0.05) is 328 Å². The van der Waals surface area contributed by atoms with E-state index in [-0.39, 0.29) is 32.0 Å². The van der Waals surface area contributed by atoms with Gasteiger partial charge in [0.05, 0.1) is 27.7 Å². The Morgan fingerprint density at radius 2 is 0.600 bits per heavy atom. The molecule has 2 atom stereocenters. The topological polar surface area (TPSA) is 111 Å². The van der Waals surface area contributed by atoms with E-state index in [1.54, 1.807) is 0 Å². The van der Waals surface area contributed by atoms with Gasteiger partial charge in [0.25, 0.3) is 7.82 Å². The zero-order valence-corrected chi connectivity index (χ0v) is 51.9. The standard InChI is InChI=1S/C65H130NO8P/c1-6-8-10-12-14-16-18-20-22-24-25-26-27-28-29-30-31-32-33-34-35-36-37-38-39-40-42-44-46-48-50-52-54-56-58-65(68)74-63(62-73-75(69,70)72-60-59-66(3,4)5)61-71-64(67)57-55-53-51-49-47-45-43-41-23-21-19-17-15-13-11-9-7-2/h63H,6-62H2,1-5H3. The van der Waals surface area contributed by atoms with Crippen LogP contribution in [0.5, 0.6) is 0 Å². The highest BCUT2D eigenvalue weighted by Crippen LogP contribution is 2.38. The molecule has 2 unspecified atom stereocenters. The maximum atomic E-state index is 12.8. The first-order chi connectivity index (χ1) is 36.5. The molecule has 0 radical (unpaired) electrons. The molecule has 0 aliphatic carbocycles. The van der Waals surface area contributed by atoms with Crippen LogP contribution < -0.4 is 4.89 Å². The Hall–Kier alpha value is -0.990. The van der Waals surface area contributed by atoms with Crippen LogP contribution in [0.2, 0.25) is 0 Å². The fourth-order valence-electron chi connectivity index (χ4n) is 10.3. The second kappa shape index (κ2) is 57.7. The van der Waals surface area contributed by atoms with Gasteiger partial charge in [-0.25, -0.2) is 0 Å². The van der Waals surface area contributed by atoms with Gasteiger partial charge < -0.3 is 27.9 Å². The molecule has 10 heteroatoms. The summed E-state index contributed by atoms with van der Waals surface area (Å²) in [5.74, 6) is -0.807. The van der Waals surface area contributed by atoms with Crippen LogP contribution in [0.1, 0.15) is 354 Å². The number of hydrogen-bond donors (Lipinski definition) is 0. The number of phosphoric ester groups is 1. The summed E-state index contributed by atoms with van der Waals surface area (Å²) >= 11 is 0. The van der Waals surface area contributed by atoms with Crippen LogP contribution in [0.3, 0.4) is 0 Å². The molecule has 0 rings (SSSR count). The zero-order chi connectivity index (χ0) is 54.9. The smallest absolute Gasteiger partial charge is 0.306 e. The van der Waals surface area contributed by atoms with Crippen molar-refractivity contribution in [3.05, 3.63) is 0 Å². The van der Waals surface area contributed by atoms with Crippen molar-refractivity contribution < 1.29 is 42.1 Å². The first-order valence-corrected chi connectivity index (χ1v) is 34.7. The molecule has 0 heterocycles. The van der Waals surface area contributed by atoms with Gasteiger partial charge in [0, 0.05) is 12.8 Å². The van der Waals surface area contributed by atoms with E-state index < -0.39 is 26.5 Å². The first-order valence-electron chi connectivity index (χ1n) is 33.2.